The maximum absolute atomic E-state index is 10.9. The Labute approximate surface area is 64.3 Å². The van der Waals surface area contributed by atoms with Crippen molar-refractivity contribution in [2.45, 2.75) is 0 Å². The Hall–Kier alpha value is -1.58. The van der Waals surface area contributed by atoms with Crippen molar-refractivity contribution < 1.29 is 9.53 Å². The van der Waals surface area contributed by atoms with Gasteiger partial charge in [-0.05, 0) is 6.08 Å². The lowest BCUT2D eigenvalue weighted by molar-refractivity contribution is -0.132. The smallest absolute Gasteiger partial charge is 0.356 e. The fourth-order valence-electron chi connectivity index (χ4n) is 0.612. The van der Waals surface area contributed by atoms with E-state index in [1.54, 1.807) is 18.5 Å². The molecule has 0 amide bonds. The number of carbonyl (C=O) groups excluding carboxylic acids is 1. The molecule has 0 atom stereocenters. The van der Waals surface area contributed by atoms with E-state index in [9.17, 15) is 4.79 Å². The van der Waals surface area contributed by atoms with Gasteiger partial charge in [-0.1, -0.05) is 0 Å². The lowest BCUT2D eigenvalue weighted by Crippen LogP contribution is -2.12. The van der Waals surface area contributed by atoms with Gasteiger partial charge in [0, 0.05) is 18.6 Å². The van der Waals surface area contributed by atoms with Crippen molar-refractivity contribution in [1.29, 1.82) is 0 Å². The summed E-state index contributed by atoms with van der Waals surface area (Å²) >= 11 is 0. The van der Waals surface area contributed by atoms with Gasteiger partial charge in [0.25, 0.3) is 0 Å². The molecule has 1 N–H and O–H groups in total. The number of esters is 1. The molecule has 4 nitrogen and oxygen atoms in total. The highest BCUT2D eigenvalue weighted by Gasteiger charge is 2.06. The van der Waals surface area contributed by atoms with Gasteiger partial charge >= 0.3 is 5.97 Å². The maximum Gasteiger partial charge on any atom is 0.356 e. The molecule has 1 heterocycles. The molecule has 0 unspecified atom stereocenters. The van der Waals surface area contributed by atoms with Crippen molar-refractivity contribution in [2.24, 2.45) is 4.99 Å². The molecule has 0 fully saturated rings. The van der Waals surface area contributed by atoms with Gasteiger partial charge < -0.3 is 10.1 Å². The van der Waals surface area contributed by atoms with Gasteiger partial charge in [0.1, 0.15) is 5.71 Å². The molecule has 0 aromatic carbocycles. The standard InChI is InChI=1S/C7H8N2O2/c1-11-7(10)6-2-3-8-4-5-9-6/h2-5,8H,1H3. The lowest BCUT2D eigenvalue weighted by atomic mass is 10.4. The van der Waals surface area contributed by atoms with Crippen LogP contribution >= 0.6 is 0 Å². The molecule has 0 radical (unpaired) electrons. The van der Waals surface area contributed by atoms with Crippen LogP contribution in [0.15, 0.2) is 29.7 Å². The minimum absolute atomic E-state index is 0.286. The van der Waals surface area contributed by atoms with Crippen LogP contribution in [-0.4, -0.2) is 18.8 Å². The molecule has 1 aliphatic rings. The van der Waals surface area contributed by atoms with E-state index in [0.717, 1.165) is 0 Å². The van der Waals surface area contributed by atoms with E-state index in [4.69, 9.17) is 0 Å². The van der Waals surface area contributed by atoms with Gasteiger partial charge in [-0.15, -0.1) is 0 Å². The Morgan fingerprint density at radius 3 is 3.18 bits per heavy atom. The first-order chi connectivity index (χ1) is 5.34. The van der Waals surface area contributed by atoms with Gasteiger partial charge in [-0.25, -0.2) is 9.79 Å². The summed E-state index contributed by atoms with van der Waals surface area (Å²) in [4.78, 5) is 14.7. The molecule has 58 valence electrons. The Morgan fingerprint density at radius 1 is 1.64 bits per heavy atom. The molecule has 0 bridgehead atoms. The second kappa shape index (κ2) is 3.55. The Bertz CT molecular complexity index is 241. The summed E-state index contributed by atoms with van der Waals surface area (Å²) in [6, 6.07) is 0. The van der Waals surface area contributed by atoms with Gasteiger partial charge in [0.05, 0.1) is 7.11 Å². The monoisotopic (exact) mass is 152 g/mol. The molecule has 4 heteroatoms. The van der Waals surface area contributed by atoms with Crippen LogP contribution in [0.25, 0.3) is 0 Å². The summed E-state index contributed by atoms with van der Waals surface area (Å²) in [5, 5.41) is 2.77. The highest BCUT2D eigenvalue weighted by atomic mass is 16.5. The van der Waals surface area contributed by atoms with Crippen molar-refractivity contribution in [3.8, 4) is 0 Å². The van der Waals surface area contributed by atoms with Crippen LogP contribution in [0.4, 0.5) is 0 Å². The molecular weight excluding hydrogens is 144 g/mol. The van der Waals surface area contributed by atoms with Crippen molar-refractivity contribution in [3.05, 3.63) is 24.7 Å². The predicted molar refractivity (Wildman–Crippen MR) is 40.9 cm³/mol. The molecule has 11 heavy (non-hydrogen) atoms. The zero-order valence-electron chi connectivity index (χ0n) is 6.07. The summed E-state index contributed by atoms with van der Waals surface area (Å²) in [6.07, 6.45) is 6.27. The average Bonchev–Trinajstić information content (AvgIpc) is 2.30. The highest BCUT2D eigenvalue weighted by molar-refractivity contribution is 6.41. The average molecular weight is 152 g/mol. The number of hydrogen-bond acceptors (Lipinski definition) is 4. The Balaban J connectivity index is 2.77. The van der Waals surface area contributed by atoms with Crippen molar-refractivity contribution >= 4 is 11.7 Å². The van der Waals surface area contributed by atoms with E-state index in [2.05, 4.69) is 15.0 Å². The van der Waals surface area contributed by atoms with Crippen LogP contribution < -0.4 is 5.32 Å². The number of nitrogens with zero attached hydrogens (tertiary/aromatic N) is 1. The molecule has 0 saturated carbocycles. The first kappa shape index (κ1) is 7.53. The van der Waals surface area contributed by atoms with Gasteiger partial charge in [0.15, 0.2) is 0 Å². The number of carbonyl (C=O) groups is 1. The lowest BCUT2D eigenvalue weighted by Gasteiger charge is -1.94. The number of ether oxygens (including phenoxy) is 1. The van der Waals surface area contributed by atoms with Gasteiger partial charge in [0.2, 0.25) is 0 Å². The normalized spacial score (nSPS) is 14.8. The minimum atomic E-state index is -0.436. The predicted octanol–water partition coefficient (Wildman–Crippen LogP) is 0.188. The first-order valence-electron chi connectivity index (χ1n) is 3.08. The third-order valence-corrected chi connectivity index (χ3v) is 1.12. The number of aliphatic imine (C=N–C) groups is 1. The Morgan fingerprint density at radius 2 is 2.45 bits per heavy atom. The second-order valence-corrected chi connectivity index (χ2v) is 1.82. The van der Waals surface area contributed by atoms with Crippen LogP contribution in [0, 0.1) is 0 Å². The molecule has 0 aromatic heterocycles. The van der Waals surface area contributed by atoms with Gasteiger partial charge in [-0.2, -0.15) is 0 Å². The molecule has 0 aliphatic carbocycles. The maximum atomic E-state index is 10.9. The number of rotatable bonds is 1. The number of nitrogens with one attached hydrogen (secondary N) is 1. The third-order valence-electron chi connectivity index (χ3n) is 1.12. The van der Waals surface area contributed by atoms with Crippen LogP contribution in [0.2, 0.25) is 0 Å². The second-order valence-electron chi connectivity index (χ2n) is 1.82. The summed E-state index contributed by atoms with van der Waals surface area (Å²) in [7, 11) is 1.32. The van der Waals surface area contributed by atoms with Crippen molar-refractivity contribution in [1.82, 2.24) is 5.32 Å². The fourth-order valence-corrected chi connectivity index (χ4v) is 0.612. The van der Waals surface area contributed by atoms with Crippen LogP contribution in [-0.2, 0) is 9.53 Å². The molecule has 0 saturated heterocycles. The molecule has 0 aromatic rings. The largest absolute Gasteiger partial charge is 0.464 e. The third kappa shape index (κ3) is 1.93. The van der Waals surface area contributed by atoms with Crippen LogP contribution in [0.1, 0.15) is 0 Å². The molecular formula is C7H8N2O2. The van der Waals surface area contributed by atoms with E-state index in [1.165, 1.54) is 13.3 Å². The molecule has 1 rings (SSSR count). The van der Waals surface area contributed by atoms with Crippen molar-refractivity contribution in [2.75, 3.05) is 7.11 Å². The highest BCUT2D eigenvalue weighted by Crippen LogP contribution is 1.90. The summed E-state index contributed by atoms with van der Waals surface area (Å²) in [5.41, 5.74) is 0.286. The van der Waals surface area contributed by atoms with Crippen LogP contribution in [0.5, 0.6) is 0 Å². The van der Waals surface area contributed by atoms with E-state index in [0.29, 0.717) is 0 Å². The summed E-state index contributed by atoms with van der Waals surface area (Å²) in [6.45, 7) is 0. The summed E-state index contributed by atoms with van der Waals surface area (Å²) in [5.74, 6) is -0.436. The zero-order chi connectivity index (χ0) is 8.10. The van der Waals surface area contributed by atoms with E-state index in [1.807, 2.05) is 0 Å². The van der Waals surface area contributed by atoms with Crippen molar-refractivity contribution in [3.63, 3.8) is 0 Å². The Kier molecular flexibility index (Phi) is 2.43. The summed E-state index contributed by atoms with van der Waals surface area (Å²) < 4.78 is 4.46. The topological polar surface area (TPSA) is 50.7 Å². The van der Waals surface area contributed by atoms with Crippen LogP contribution in [0.3, 0.4) is 0 Å². The minimum Gasteiger partial charge on any atom is -0.464 e. The number of hydrogen-bond donors (Lipinski definition) is 1. The van der Waals surface area contributed by atoms with E-state index >= 15 is 0 Å². The fraction of sp³-hybridized carbons (Fsp3) is 0.143. The SMILES string of the molecule is COC(=O)C1=NC=CNC=C1. The zero-order valence-corrected chi connectivity index (χ0v) is 6.07. The van der Waals surface area contributed by atoms with E-state index < -0.39 is 5.97 Å². The van der Waals surface area contributed by atoms with E-state index in [-0.39, 0.29) is 5.71 Å². The first-order valence-corrected chi connectivity index (χ1v) is 3.08. The molecule has 0 spiro atoms. The number of methoxy groups -OCH3 is 1. The van der Waals surface area contributed by atoms with Gasteiger partial charge in [-0.3, -0.25) is 0 Å². The quantitative estimate of drug-likeness (QED) is 0.545. The molecule has 1 aliphatic heterocycles.